The van der Waals surface area contributed by atoms with Crippen molar-refractivity contribution < 1.29 is 29.0 Å². The molecule has 1 saturated heterocycles. The van der Waals surface area contributed by atoms with Crippen molar-refractivity contribution in [3.05, 3.63) is 101 Å². The predicted octanol–water partition coefficient (Wildman–Crippen LogP) is 5.91. The number of anilines is 1. The van der Waals surface area contributed by atoms with Crippen LogP contribution in [-0.2, 0) is 25.5 Å². The number of Topliss-reactive ketones (excluding diaryl/α,β-unsaturated/α-hetero) is 1. The molecule has 1 unspecified atom stereocenters. The number of carbonyl (C=O) groups excluding carboxylic acids is 3. The van der Waals surface area contributed by atoms with Gasteiger partial charge in [-0.05, 0) is 66.4 Å². The van der Waals surface area contributed by atoms with Gasteiger partial charge in [0.25, 0.3) is 11.7 Å². The lowest BCUT2D eigenvalue weighted by molar-refractivity contribution is -0.139. The number of hydrogen-bond acceptors (Lipinski definition) is 6. The smallest absolute Gasteiger partial charge is 0.309 e. The van der Waals surface area contributed by atoms with Gasteiger partial charge in [0, 0.05) is 11.3 Å². The zero-order valence-corrected chi connectivity index (χ0v) is 22.5. The number of carbonyl (C=O) groups is 3. The summed E-state index contributed by atoms with van der Waals surface area (Å²) in [6, 6.07) is 20.4. The lowest BCUT2D eigenvalue weighted by Gasteiger charge is -2.26. The molecule has 202 valence electrons. The molecular weight excluding hydrogens is 494 g/mol. The molecule has 4 rings (SSSR count). The summed E-state index contributed by atoms with van der Waals surface area (Å²) in [5, 5.41) is 11.4. The number of benzene rings is 3. The zero-order valence-electron chi connectivity index (χ0n) is 22.5. The Labute approximate surface area is 228 Å². The van der Waals surface area contributed by atoms with Gasteiger partial charge in [0.05, 0.1) is 31.8 Å². The lowest BCUT2D eigenvalue weighted by Crippen LogP contribution is -2.29. The van der Waals surface area contributed by atoms with Crippen molar-refractivity contribution in [2.24, 2.45) is 0 Å². The maximum atomic E-state index is 13.4. The highest BCUT2D eigenvalue weighted by atomic mass is 16.5. The molecule has 1 aliphatic heterocycles. The third-order valence-corrected chi connectivity index (χ3v) is 6.86. The van der Waals surface area contributed by atoms with Crippen LogP contribution in [0.1, 0.15) is 54.5 Å². The van der Waals surface area contributed by atoms with Gasteiger partial charge in [0.2, 0.25) is 0 Å². The average Bonchev–Trinajstić information content (AvgIpc) is 3.21. The molecule has 1 amide bonds. The number of aliphatic hydroxyl groups excluding tert-OH is 1. The second-order valence-electron chi connectivity index (χ2n) is 9.52. The summed E-state index contributed by atoms with van der Waals surface area (Å²) in [4.78, 5) is 39.9. The number of ketones is 1. The van der Waals surface area contributed by atoms with Crippen molar-refractivity contribution >= 4 is 29.1 Å². The van der Waals surface area contributed by atoms with Crippen LogP contribution in [-0.4, -0.2) is 36.5 Å². The lowest BCUT2D eigenvalue weighted by atomic mass is 9.92. The highest BCUT2D eigenvalue weighted by Crippen LogP contribution is 2.43. The minimum atomic E-state index is -0.831. The van der Waals surface area contributed by atoms with E-state index in [0.29, 0.717) is 29.2 Å². The minimum absolute atomic E-state index is 0.0181. The Hall–Kier alpha value is -4.39. The van der Waals surface area contributed by atoms with Gasteiger partial charge in [-0.2, -0.15) is 0 Å². The van der Waals surface area contributed by atoms with E-state index in [0.717, 1.165) is 30.4 Å². The Morgan fingerprint density at radius 2 is 1.64 bits per heavy atom. The minimum Gasteiger partial charge on any atom is -0.507 e. The molecule has 1 fully saturated rings. The van der Waals surface area contributed by atoms with Crippen LogP contribution >= 0.6 is 0 Å². The molecule has 1 atom stereocenters. The second kappa shape index (κ2) is 12.4. The van der Waals surface area contributed by atoms with E-state index >= 15 is 0 Å². The fraction of sp³-hybridized carbons (Fsp3) is 0.281. The summed E-state index contributed by atoms with van der Waals surface area (Å²) in [6.45, 7) is 4.64. The third kappa shape index (κ3) is 6.03. The summed E-state index contributed by atoms with van der Waals surface area (Å²) >= 11 is 0. The van der Waals surface area contributed by atoms with E-state index in [1.807, 2.05) is 31.2 Å². The maximum absolute atomic E-state index is 13.4. The van der Waals surface area contributed by atoms with Crippen LogP contribution in [0.15, 0.2) is 78.4 Å². The number of unbranched alkanes of at least 4 members (excludes halogenated alkanes) is 2. The number of aryl methyl sites for hydroxylation is 1. The van der Waals surface area contributed by atoms with E-state index in [1.165, 1.54) is 12.0 Å². The van der Waals surface area contributed by atoms with Crippen molar-refractivity contribution in [2.45, 2.75) is 45.6 Å². The molecule has 3 aromatic carbocycles. The van der Waals surface area contributed by atoms with Gasteiger partial charge in [-0.3, -0.25) is 19.3 Å². The van der Waals surface area contributed by atoms with E-state index in [1.54, 1.807) is 48.5 Å². The maximum Gasteiger partial charge on any atom is 0.309 e. The van der Waals surface area contributed by atoms with Crippen LogP contribution in [0.3, 0.4) is 0 Å². The molecule has 0 radical (unpaired) electrons. The highest BCUT2D eigenvalue weighted by molar-refractivity contribution is 6.51. The Bertz CT molecular complexity index is 1370. The SMILES string of the molecule is CCCCCOc1ccc(/C(O)=C2/C(=O)C(=O)N(c3ccc(CC(=O)OC)cc3)C2c2ccccc2C)cc1. The molecule has 7 nitrogen and oxygen atoms in total. The van der Waals surface area contributed by atoms with E-state index < -0.39 is 17.7 Å². The normalized spacial score (nSPS) is 16.4. The van der Waals surface area contributed by atoms with Crippen LogP contribution in [0.2, 0.25) is 0 Å². The molecule has 7 heteroatoms. The molecule has 1 aliphatic rings. The topological polar surface area (TPSA) is 93.1 Å². The summed E-state index contributed by atoms with van der Waals surface area (Å²) < 4.78 is 10.5. The number of ether oxygens (including phenoxy) is 2. The average molecular weight is 528 g/mol. The fourth-order valence-electron chi connectivity index (χ4n) is 4.71. The molecular formula is C32H33NO6. The number of aliphatic hydroxyl groups is 1. The summed E-state index contributed by atoms with van der Waals surface area (Å²) in [7, 11) is 1.33. The quantitative estimate of drug-likeness (QED) is 0.116. The largest absolute Gasteiger partial charge is 0.507 e. The Balaban J connectivity index is 1.73. The van der Waals surface area contributed by atoms with E-state index in [9.17, 15) is 19.5 Å². The summed E-state index contributed by atoms with van der Waals surface area (Å²) in [6.07, 6.45) is 3.25. The predicted molar refractivity (Wildman–Crippen MR) is 150 cm³/mol. The molecule has 3 aromatic rings. The molecule has 1 heterocycles. The number of hydrogen-bond donors (Lipinski definition) is 1. The van der Waals surface area contributed by atoms with Crippen LogP contribution in [0.4, 0.5) is 5.69 Å². The third-order valence-electron chi connectivity index (χ3n) is 6.86. The molecule has 0 saturated carbocycles. The molecule has 0 spiro atoms. The fourth-order valence-corrected chi connectivity index (χ4v) is 4.71. The van der Waals surface area contributed by atoms with Gasteiger partial charge >= 0.3 is 5.97 Å². The Morgan fingerprint density at radius 3 is 2.28 bits per heavy atom. The van der Waals surface area contributed by atoms with Crippen molar-refractivity contribution in [2.75, 3.05) is 18.6 Å². The van der Waals surface area contributed by atoms with Gasteiger partial charge in [-0.25, -0.2) is 0 Å². The number of esters is 1. The molecule has 0 aromatic heterocycles. The van der Waals surface area contributed by atoms with E-state index in [4.69, 9.17) is 9.47 Å². The molecule has 0 bridgehead atoms. The van der Waals surface area contributed by atoms with Crippen molar-refractivity contribution in [1.29, 1.82) is 0 Å². The first-order chi connectivity index (χ1) is 18.8. The van der Waals surface area contributed by atoms with Crippen LogP contribution in [0.5, 0.6) is 5.75 Å². The van der Waals surface area contributed by atoms with Gasteiger partial charge in [0.15, 0.2) is 0 Å². The zero-order chi connectivity index (χ0) is 27.9. The Kier molecular flexibility index (Phi) is 8.81. The van der Waals surface area contributed by atoms with Crippen LogP contribution < -0.4 is 9.64 Å². The molecule has 1 N–H and O–H groups in total. The van der Waals surface area contributed by atoms with Gasteiger partial charge < -0.3 is 14.6 Å². The van der Waals surface area contributed by atoms with Crippen LogP contribution in [0, 0.1) is 6.92 Å². The van der Waals surface area contributed by atoms with Crippen molar-refractivity contribution in [1.82, 2.24) is 0 Å². The first-order valence-corrected chi connectivity index (χ1v) is 13.1. The number of rotatable bonds is 10. The van der Waals surface area contributed by atoms with Crippen LogP contribution in [0.25, 0.3) is 5.76 Å². The number of nitrogens with zero attached hydrogens (tertiary/aromatic N) is 1. The highest BCUT2D eigenvalue weighted by Gasteiger charge is 2.47. The van der Waals surface area contributed by atoms with E-state index in [-0.39, 0.29) is 23.7 Å². The second-order valence-corrected chi connectivity index (χ2v) is 9.52. The summed E-state index contributed by atoms with van der Waals surface area (Å²) in [5.74, 6) is -1.45. The first-order valence-electron chi connectivity index (χ1n) is 13.1. The van der Waals surface area contributed by atoms with Crippen molar-refractivity contribution in [3.63, 3.8) is 0 Å². The Morgan fingerprint density at radius 1 is 0.949 bits per heavy atom. The van der Waals surface area contributed by atoms with Gasteiger partial charge in [0.1, 0.15) is 11.5 Å². The monoisotopic (exact) mass is 527 g/mol. The van der Waals surface area contributed by atoms with E-state index in [2.05, 4.69) is 6.92 Å². The first kappa shape index (κ1) is 27.6. The standard InChI is InChI=1S/C32H33NO6/c1-4-5-8-19-39-25-17-13-23(14-18-25)30(35)28-29(26-10-7-6-9-21(26)2)33(32(37)31(28)36)24-15-11-22(12-16-24)20-27(34)38-3/h6-7,9-18,29,35H,4-5,8,19-20H2,1-3H3/b30-28-. The van der Waals surface area contributed by atoms with Crippen molar-refractivity contribution in [3.8, 4) is 5.75 Å². The number of amides is 1. The summed E-state index contributed by atoms with van der Waals surface area (Å²) in [5.41, 5.74) is 3.23. The molecule has 0 aliphatic carbocycles. The molecule has 39 heavy (non-hydrogen) atoms. The number of methoxy groups -OCH3 is 1. The van der Waals surface area contributed by atoms with Gasteiger partial charge in [-0.1, -0.05) is 56.2 Å². The van der Waals surface area contributed by atoms with Gasteiger partial charge in [-0.15, -0.1) is 0 Å².